The summed E-state index contributed by atoms with van der Waals surface area (Å²) in [5.41, 5.74) is 3.38. The number of Topliss-reactive ketones (excluding diaryl/α,β-unsaturated/α-hetero) is 1. The van der Waals surface area contributed by atoms with E-state index in [9.17, 15) is 24.4 Å². The number of hydrogen-bond acceptors (Lipinski definition) is 9. The number of ether oxygens (including phenoxy) is 2. The first-order chi connectivity index (χ1) is 20.9. The third-order valence-corrected chi connectivity index (χ3v) is 8.62. The third-order valence-electron chi connectivity index (χ3n) is 7.43. The van der Waals surface area contributed by atoms with E-state index in [1.165, 1.54) is 30.7 Å². The summed E-state index contributed by atoms with van der Waals surface area (Å²) < 4.78 is 10.6. The van der Waals surface area contributed by atoms with Crippen molar-refractivity contribution < 1.29 is 28.7 Å². The van der Waals surface area contributed by atoms with Gasteiger partial charge in [-0.2, -0.15) is 5.26 Å². The van der Waals surface area contributed by atoms with E-state index in [0.717, 1.165) is 60.0 Å². The Morgan fingerprint density at radius 3 is 2.40 bits per heavy atom. The zero-order chi connectivity index (χ0) is 30.3. The zero-order valence-electron chi connectivity index (χ0n) is 23.8. The van der Waals surface area contributed by atoms with Gasteiger partial charge in [-0.1, -0.05) is 24.6 Å². The minimum Gasteiger partial charge on any atom is -0.494 e. The molecular weight excluding hydrogens is 566 g/mol. The molecule has 5 rings (SSSR count). The van der Waals surface area contributed by atoms with Crippen molar-refractivity contribution >= 4 is 41.0 Å². The summed E-state index contributed by atoms with van der Waals surface area (Å²) >= 11 is 1.16. The second-order valence-electron chi connectivity index (χ2n) is 10.4. The van der Waals surface area contributed by atoms with Crippen LogP contribution < -0.4 is 9.64 Å². The molecule has 1 fully saturated rings. The van der Waals surface area contributed by atoms with E-state index in [0.29, 0.717) is 34.2 Å². The van der Waals surface area contributed by atoms with Gasteiger partial charge in [0.15, 0.2) is 12.4 Å². The molecule has 2 aliphatic rings. The molecule has 1 aliphatic heterocycles. The van der Waals surface area contributed by atoms with Crippen LogP contribution >= 0.6 is 11.8 Å². The molecule has 1 atom stereocenters. The van der Waals surface area contributed by atoms with Crippen LogP contribution in [-0.4, -0.2) is 47.0 Å². The first-order valence-corrected chi connectivity index (χ1v) is 15.3. The number of hydrogen-bond donors (Lipinski definition) is 0. The number of nitriles is 1. The predicted molar refractivity (Wildman–Crippen MR) is 160 cm³/mol. The Labute approximate surface area is 254 Å². The minimum atomic E-state index is -0.711. The molecule has 10 heteroatoms. The SMILES string of the molecule is CCOc1ccc(C(=O)COC(=O)c2ccc(N3C(=O)CC(Sc4nc5c(cc4C#N)CCCCCC5)C3=O)cc2)cc1. The highest BCUT2D eigenvalue weighted by Gasteiger charge is 2.41. The average Bonchev–Trinajstić information content (AvgIpc) is 3.28. The van der Waals surface area contributed by atoms with E-state index in [1.807, 2.05) is 13.0 Å². The zero-order valence-corrected chi connectivity index (χ0v) is 24.7. The summed E-state index contributed by atoms with van der Waals surface area (Å²) in [6.07, 6.45) is 6.11. The Morgan fingerprint density at radius 2 is 1.70 bits per heavy atom. The molecule has 220 valence electrons. The van der Waals surface area contributed by atoms with Crippen molar-refractivity contribution in [1.82, 2.24) is 4.98 Å². The van der Waals surface area contributed by atoms with Crippen LogP contribution in [0, 0.1) is 11.3 Å². The number of imide groups is 1. The molecule has 3 aromatic rings. The fourth-order valence-electron chi connectivity index (χ4n) is 5.19. The van der Waals surface area contributed by atoms with Crippen LogP contribution in [-0.2, 0) is 27.2 Å². The van der Waals surface area contributed by atoms with Crippen molar-refractivity contribution in [2.45, 2.75) is 62.1 Å². The van der Waals surface area contributed by atoms with Crippen molar-refractivity contribution in [2.24, 2.45) is 0 Å². The largest absolute Gasteiger partial charge is 0.494 e. The smallest absolute Gasteiger partial charge is 0.338 e. The van der Waals surface area contributed by atoms with Gasteiger partial charge in [0.1, 0.15) is 16.8 Å². The van der Waals surface area contributed by atoms with Crippen LogP contribution in [0.5, 0.6) is 5.75 Å². The van der Waals surface area contributed by atoms with Gasteiger partial charge < -0.3 is 9.47 Å². The number of esters is 1. The molecule has 0 spiro atoms. The van der Waals surface area contributed by atoms with Crippen molar-refractivity contribution in [1.29, 1.82) is 5.26 Å². The summed E-state index contributed by atoms with van der Waals surface area (Å²) in [6.45, 7) is 1.95. The van der Waals surface area contributed by atoms with Gasteiger partial charge in [-0.25, -0.2) is 14.7 Å². The Morgan fingerprint density at radius 1 is 1.00 bits per heavy atom. The van der Waals surface area contributed by atoms with E-state index in [-0.39, 0.29) is 23.7 Å². The molecule has 0 N–H and O–H groups in total. The molecule has 0 radical (unpaired) electrons. The quantitative estimate of drug-likeness (QED) is 0.179. The van der Waals surface area contributed by atoms with Gasteiger partial charge in [0.05, 0.1) is 28.7 Å². The van der Waals surface area contributed by atoms with Crippen LogP contribution in [0.15, 0.2) is 59.6 Å². The number of benzene rings is 2. The number of aryl methyl sites for hydroxylation is 2. The lowest BCUT2D eigenvalue weighted by molar-refractivity contribution is -0.121. The highest BCUT2D eigenvalue weighted by atomic mass is 32.2. The number of thioether (sulfide) groups is 1. The number of carbonyl (C=O) groups is 4. The fourth-order valence-corrected chi connectivity index (χ4v) is 6.28. The average molecular weight is 598 g/mol. The lowest BCUT2D eigenvalue weighted by Gasteiger charge is -2.17. The van der Waals surface area contributed by atoms with Crippen molar-refractivity contribution in [2.75, 3.05) is 18.1 Å². The number of pyridine rings is 1. The molecular formula is C33H31N3O6S. The number of rotatable bonds is 9. The summed E-state index contributed by atoms with van der Waals surface area (Å²) in [5.74, 6) is -1.19. The Balaban J connectivity index is 1.22. The predicted octanol–water partition coefficient (Wildman–Crippen LogP) is 5.47. The summed E-state index contributed by atoms with van der Waals surface area (Å²) in [7, 11) is 0. The van der Waals surface area contributed by atoms with Crippen molar-refractivity contribution in [3.05, 3.63) is 82.5 Å². The molecule has 43 heavy (non-hydrogen) atoms. The van der Waals surface area contributed by atoms with Gasteiger partial charge in [-0.3, -0.25) is 14.4 Å². The van der Waals surface area contributed by atoms with E-state index in [2.05, 4.69) is 6.07 Å². The number of ketones is 1. The lowest BCUT2D eigenvalue weighted by Crippen LogP contribution is -2.31. The molecule has 2 amide bonds. The van der Waals surface area contributed by atoms with Crippen LogP contribution in [0.3, 0.4) is 0 Å². The third kappa shape index (κ3) is 6.95. The second kappa shape index (κ2) is 13.7. The highest BCUT2D eigenvalue weighted by molar-refractivity contribution is 8.00. The molecule has 0 saturated carbocycles. The van der Waals surface area contributed by atoms with E-state index in [4.69, 9.17) is 14.5 Å². The molecule has 1 saturated heterocycles. The molecule has 1 aliphatic carbocycles. The first-order valence-electron chi connectivity index (χ1n) is 14.4. The van der Waals surface area contributed by atoms with E-state index < -0.39 is 23.7 Å². The van der Waals surface area contributed by atoms with Gasteiger partial charge in [-0.15, -0.1) is 0 Å². The normalized spacial score (nSPS) is 16.6. The Kier molecular flexibility index (Phi) is 9.52. The van der Waals surface area contributed by atoms with Crippen LogP contribution in [0.25, 0.3) is 0 Å². The lowest BCUT2D eigenvalue weighted by atomic mass is 9.96. The highest BCUT2D eigenvalue weighted by Crippen LogP contribution is 2.36. The maximum Gasteiger partial charge on any atom is 0.338 e. The first kappa shape index (κ1) is 30.0. The summed E-state index contributed by atoms with van der Waals surface area (Å²) in [4.78, 5) is 57.1. The minimum absolute atomic E-state index is 0.0232. The van der Waals surface area contributed by atoms with Crippen molar-refractivity contribution in [3.63, 3.8) is 0 Å². The van der Waals surface area contributed by atoms with Gasteiger partial charge in [0.25, 0.3) is 0 Å². The second-order valence-corrected chi connectivity index (χ2v) is 11.5. The van der Waals surface area contributed by atoms with Crippen LogP contribution in [0.1, 0.15) is 76.6 Å². The van der Waals surface area contributed by atoms with Crippen LogP contribution in [0.2, 0.25) is 0 Å². The van der Waals surface area contributed by atoms with Crippen LogP contribution in [0.4, 0.5) is 5.69 Å². The monoisotopic (exact) mass is 597 g/mol. The number of aromatic nitrogens is 1. The number of anilines is 1. The molecule has 0 bridgehead atoms. The molecule has 2 heterocycles. The number of fused-ring (bicyclic) bond motifs is 1. The number of carbonyl (C=O) groups excluding carboxylic acids is 4. The number of amides is 2. The summed E-state index contributed by atoms with van der Waals surface area (Å²) in [5, 5.41) is 9.53. The summed E-state index contributed by atoms with van der Waals surface area (Å²) in [6, 6.07) is 16.6. The number of nitrogens with zero attached hydrogens (tertiary/aromatic N) is 3. The van der Waals surface area contributed by atoms with Gasteiger partial charge in [0.2, 0.25) is 11.8 Å². The Bertz CT molecular complexity index is 1580. The van der Waals surface area contributed by atoms with Crippen molar-refractivity contribution in [3.8, 4) is 11.8 Å². The van der Waals surface area contributed by atoms with E-state index in [1.54, 1.807) is 24.3 Å². The van der Waals surface area contributed by atoms with Gasteiger partial charge >= 0.3 is 5.97 Å². The molecule has 1 unspecified atom stereocenters. The fraction of sp³-hybridized carbons (Fsp3) is 0.333. The molecule has 9 nitrogen and oxygen atoms in total. The van der Waals surface area contributed by atoms with E-state index >= 15 is 0 Å². The maximum absolute atomic E-state index is 13.3. The van der Waals surface area contributed by atoms with Gasteiger partial charge in [0, 0.05) is 17.7 Å². The van der Waals surface area contributed by atoms with Gasteiger partial charge in [-0.05, 0) is 92.8 Å². The Hall–Kier alpha value is -4.49. The molecule has 2 aromatic carbocycles. The standard InChI is InChI=1S/C33H31N3O6S/c1-2-41-26-15-11-21(12-16-26)28(37)20-42-33(40)22-9-13-25(14-10-22)36-30(38)18-29(32(36)39)43-31-24(19-34)17-23-7-5-3-4-6-8-27(23)35-31/h9-17,29H,2-8,18,20H2,1H3. The topological polar surface area (TPSA) is 127 Å². The molecule has 1 aromatic heterocycles. The maximum atomic E-state index is 13.3.